The molecule has 0 heterocycles. The van der Waals surface area contributed by atoms with E-state index < -0.39 is 36.9 Å². The molecule has 24 heavy (non-hydrogen) atoms. The smallest absolute Gasteiger partial charge is 0.292 e. The van der Waals surface area contributed by atoms with Gasteiger partial charge < -0.3 is 5.73 Å². The Kier molecular flexibility index (Phi) is 7.09. The largest absolute Gasteiger partial charge is 0.324 e. The molecule has 0 unspecified atom stereocenters. The second kappa shape index (κ2) is 8.19. The number of rotatable bonds is 5. The summed E-state index contributed by atoms with van der Waals surface area (Å²) in [5.74, 6) is -1.15. The first kappa shape index (κ1) is 20.8. The lowest BCUT2D eigenvalue weighted by molar-refractivity contribution is -0.388. The van der Waals surface area contributed by atoms with E-state index in [9.17, 15) is 22.9 Å². The van der Waals surface area contributed by atoms with Crippen molar-refractivity contribution in [2.75, 3.05) is 6.54 Å². The van der Waals surface area contributed by atoms with Gasteiger partial charge in [0, 0.05) is 18.2 Å². The molecule has 1 saturated carbocycles. The summed E-state index contributed by atoms with van der Waals surface area (Å²) in [6, 6.07) is 2.94. The first-order valence-electron chi connectivity index (χ1n) is 7.47. The van der Waals surface area contributed by atoms with E-state index in [1.54, 1.807) is 0 Å². The maximum Gasteiger partial charge on any atom is 0.292 e. The molecule has 0 saturated heterocycles. The lowest BCUT2D eigenvalue weighted by Gasteiger charge is -2.28. The topological polar surface area (TPSA) is 115 Å². The summed E-state index contributed by atoms with van der Waals surface area (Å²) in [6.45, 7) is -0.0686. The predicted molar refractivity (Wildman–Crippen MR) is 90.1 cm³/mol. The van der Waals surface area contributed by atoms with Gasteiger partial charge in [-0.05, 0) is 18.9 Å². The van der Waals surface area contributed by atoms with Crippen molar-refractivity contribution in [1.82, 2.24) is 4.72 Å². The molecule has 1 fully saturated rings. The molecule has 0 amide bonds. The van der Waals surface area contributed by atoms with E-state index in [-0.39, 0.29) is 19.0 Å². The summed E-state index contributed by atoms with van der Waals surface area (Å²) in [6.07, 6.45) is 5.22. The maximum atomic E-state index is 13.9. The zero-order valence-corrected chi connectivity index (χ0v) is 14.7. The fourth-order valence-corrected chi connectivity index (χ4v) is 4.19. The second-order valence-electron chi connectivity index (χ2n) is 5.95. The number of halogens is 2. The van der Waals surface area contributed by atoms with Crippen LogP contribution in [0.2, 0.25) is 0 Å². The number of nitro groups is 1. The Morgan fingerprint density at radius 1 is 1.25 bits per heavy atom. The van der Waals surface area contributed by atoms with Gasteiger partial charge in [-0.25, -0.2) is 17.5 Å². The minimum Gasteiger partial charge on any atom is -0.324 e. The Morgan fingerprint density at radius 3 is 2.38 bits per heavy atom. The first-order valence-corrected chi connectivity index (χ1v) is 8.95. The molecule has 1 aromatic rings. The normalized spacial score (nSPS) is 17.6. The van der Waals surface area contributed by atoms with Gasteiger partial charge in [0.15, 0.2) is 4.90 Å². The van der Waals surface area contributed by atoms with Crippen LogP contribution >= 0.6 is 12.4 Å². The third-order valence-corrected chi connectivity index (χ3v) is 5.59. The number of nitrogens with zero attached hydrogens (tertiary/aromatic N) is 1. The number of nitro benzene ring substituents is 1. The molecule has 0 spiro atoms. The summed E-state index contributed by atoms with van der Waals surface area (Å²) >= 11 is 0. The van der Waals surface area contributed by atoms with Gasteiger partial charge in [0.1, 0.15) is 5.82 Å². The van der Waals surface area contributed by atoms with Gasteiger partial charge in [0.2, 0.25) is 10.0 Å². The minimum atomic E-state index is -4.36. The molecule has 1 aliphatic rings. The van der Waals surface area contributed by atoms with Gasteiger partial charge in [0.05, 0.1) is 4.92 Å². The van der Waals surface area contributed by atoms with Crippen molar-refractivity contribution in [3.63, 3.8) is 0 Å². The van der Waals surface area contributed by atoms with Gasteiger partial charge in [-0.2, -0.15) is 0 Å². The maximum absolute atomic E-state index is 13.9. The number of hydrogen-bond donors (Lipinski definition) is 2. The molecule has 0 atom stereocenters. The second-order valence-corrected chi connectivity index (χ2v) is 7.65. The molecule has 2 rings (SSSR count). The van der Waals surface area contributed by atoms with E-state index in [0.717, 1.165) is 43.9 Å². The highest BCUT2D eigenvalue weighted by molar-refractivity contribution is 7.89. The Bertz CT molecular complexity index is 691. The van der Waals surface area contributed by atoms with Gasteiger partial charge in [-0.3, -0.25) is 10.1 Å². The van der Waals surface area contributed by atoms with Gasteiger partial charge in [-0.1, -0.05) is 31.7 Å². The lowest BCUT2D eigenvalue weighted by Crippen LogP contribution is -2.49. The quantitative estimate of drug-likeness (QED) is 0.461. The molecule has 0 radical (unpaired) electrons. The first-order chi connectivity index (χ1) is 10.8. The fourth-order valence-electron chi connectivity index (χ4n) is 2.83. The number of sulfonamides is 1. The van der Waals surface area contributed by atoms with E-state index in [0.29, 0.717) is 12.8 Å². The third kappa shape index (κ3) is 4.85. The van der Waals surface area contributed by atoms with E-state index >= 15 is 0 Å². The highest BCUT2D eigenvalue weighted by Gasteiger charge is 2.33. The standard InChI is InChI=1S/C14H20FN3O4S.ClH/c15-11-6-5-7-12(18(19)20)13(11)23(21,22)17-10-14(16)8-3-1-2-4-9-14;/h5-7,17H,1-4,8-10,16H2;1H. The van der Waals surface area contributed by atoms with E-state index in [1.807, 2.05) is 0 Å². The van der Waals surface area contributed by atoms with Crippen LogP contribution in [-0.4, -0.2) is 25.4 Å². The highest BCUT2D eigenvalue weighted by Crippen LogP contribution is 2.28. The molecule has 10 heteroatoms. The number of nitrogens with two attached hydrogens (primary N) is 1. The van der Waals surface area contributed by atoms with Crippen LogP contribution in [0, 0.1) is 15.9 Å². The molecule has 0 aliphatic heterocycles. The molecular weight excluding hydrogens is 361 g/mol. The Balaban J connectivity index is 0.00000288. The van der Waals surface area contributed by atoms with Crippen LogP contribution in [0.5, 0.6) is 0 Å². The molecule has 7 nitrogen and oxygen atoms in total. The van der Waals surface area contributed by atoms with Crippen LogP contribution in [0.15, 0.2) is 23.1 Å². The van der Waals surface area contributed by atoms with Crippen molar-refractivity contribution in [1.29, 1.82) is 0 Å². The Labute approximate surface area is 146 Å². The van der Waals surface area contributed by atoms with Crippen molar-refractivity contribution >= 4 is 28.1 Å². The van der Waals surface area contributed by atoms with Crippen molar-refractivity contribution in [3.05, 3.63) is 34.1 Å². The fraction of sp³-hybridized carbons (Fsp3) is 0.571. The van der Waals surface area contributed by atoms with Gasteiger partial charge in [0.25, 0.3) is 5.69 Å². The monoisotopic (exact) mass is 381 g/mol. The van der Waals surface area contributed by atoms with Crippen LogP contribution in [0.4, 0.5) is 10.1 Å². The molecule has 1 aromatic carbocycles. The van der Waals surface area contributed by atoms with Crippen LogP contribution in [0.3, 0.4) is 0 Å². The zero-order valence-electron chi connectivity index (χ0n) is 13.0. The average Bonchev–Trinajstić information content (AvgIpc) is 2.70. The van der Waals surface area contributed by atoms with Crippen LogP contribution < -0.4 is 10.5 Å². The van der Waals surface area contributed by atoms with Gasteiger partial charge >= 0.3 is 0 Å². The van der Waals surface area contributed by atoms with Crippen molar-refractivity contribution in [2.45, 2.75) is 49.0 Å². The summed E-state index contributed by atoms with van der Waals surface area (Å²) in [5.41, 5.74) is 4.73. The summed E-state index contributed by atoms with van der Waals surface area (Å²) in [5, 5.41) is 11.0. The average molecular weight is 382 g/mol. The summed E-state index contributed by atoms with van der Waals surface area (Å²) in [7, 11) is -4.36. The Hall–Kier alpha value is -1.29. The summed E-state index contributed by atoms with van der Waals surface area (Å²) < 4.78 is 40.8. The highest BCUT2D eigenvalue weighted by atomic mass is 35.5. The number of benzene rings is 1. The lowest BCUT2D eigenvalue weighted by atomic mass is 9.92. The molecule has 136 valence electrons. The van der Waals surface area contributed by atoms with E-state index in [4.69, 9.17) is 5.73 Å². The zero-order chi connectivity index (χ0) is 17.1. The predicted octanol–water partition coefficient (Wildman–Crippen LogP) is 2.49. The summed E-state index contributed by atoms with van der Waals surface area (Å²) in [4.78, 5) is 9.10. The van der Waals surface area contributed by atoms with Crippen molar-refractivity contribution in [3.8, 4) is 0 Å². The Morgan fingerprint density at radius 2 is 1.83 bits per heavy atom. The molecule has 1 aliphatic carbocycles. The van der Waals surface area contributed by atoms with E-state index in [2.05, 4.69) is 4.72 Å². The van der Waals surface area contributed by atoms with E-state index in [1.165, 1.54) is 0 Å². The van der Waals surface area contributed by atoms with Crippen LogP contribution in [-0.2, 0) is 10.0 Å². The minimum absolute atomic E-state index is 0. The molecule has 3 N–H and O–H groups in total. The van der Waals surface area contributed by atoms with Crippen molar-refractivity contribution in [2.24, 2.45) is 5.73 Å². The van der Waals surface area contributed by atoms with Crippen LogP contribution in [0.1, 0.15) is 38.5 Å². The van der Waals surface area contributed by atoms with Gasteiger partial charge in [-0.15, -0.1) is 12.4 Å². The SMILES string of the molecule is Cl.NC1(CNS(=O)(=O)c2c(F)cccc2[N+](=O)[O-])CCCCCC1. The van der Waals surface area contributed by atoms with Crippen molar-refractivity contribution < 1.29 is 17.7 Å². The molecule has 0 bridgehead atoms. The third-order valence-electron chi connectivity index (χ3n) is 4.13. The number of nitrogens with one attached hydrogen (secondary N) is 1. The number of hydrogen-bond acceptors (Lipinski definition) is 5. The van der Waals surface area contributed by atoms with Crippen LogP contribution in [0.25, 0.3) is 0 Å². The molecular formula is C14H21ClFN3O4S. The molecule has 0 aromatic heterocycles.